The average Bonchev–Trinajstić information content (AvgIpc) is 2.61. The lowest BCUT2D eigenvalue weighted by molar-refractivity contribution is -0.115. The lowest BCUT2D eigenvalue weighted by atomic mass is 10.1. The number of hydrogen-bond acceptors (Lipinski definition) is 4. The minimum atomic E-state index is -3.47. The molecule has 0 aliphatic rings. The van der Waals surface area contributed by atoms with E-state index in [9.17, 15) is 13.2 Å². The topological polar surface area (TPSA) is 76.1 Å². The Morgan fingerprint density at radius 3 is 2.52 bits per heavy atom. The number of rotatable bonds is 5. The SMILES string of the molecule is Cc1ccc2c(NC(=O)CCS(=O)(=O)c3ccccc3)cccc2n1. The van der Waals surface area contributed by atoms with Gasteiger partial charge in [0.05, 0.1) is 21.9 Å². The molecule has 1 heterocycles. The van der Waals surface area contributed by atoms with Gasteiger partial charge in [0.1, 0.15) is 0 Å². The van der Waals surface area contributed by atoms with Crippen LogP contribution < -0.4 is 5.32 Å². The number of aryl methyl sites for hydroxylation is 1. The lowest BCUT2D eigenvalue weighted by Crippen LogP contribution is -2.17. The number of carbonyl (C=O) groups is 1. The van der Waals surface area contributed by atoms with Gasteiger partial charge < -0.3 is 5.32 Å². The molecule has 0 aliphatic heterocycles. The maximum atomic E-state index is 12.2. The van der Waals surface area contributed by atoms with Crippen LogP contribution in [0.4, 0.5) is 5.69 Å². The zero-order valence-corrected chi connectivity index (χ0v) is 14.6. The molecule has 0 saturated carbocycles. The summed E-state index contributed by atoms with van der Waals surface area (Å²) in [6.45, 7) is 1.90. The van der Waals surface area contributed by atoms with Crippen LogP contribution in [0.15, 0.2) is 65.6 Å². The summed E-state index contributed by atoms with van der Waals surface area (Å²) >= 11 is 0. The van der Waals surface area contributed by atoms with Crippen LogP contribution in [0.2, 0.25) is 0 Å². The Morgan fingerprint density at radius 2 is 1.76 bits per heavy atom. The van der Waals surface area contributed by atoms with Gasteiger partial charge in [0.15, 0.2) is 9.84 Å². The van der Waals surface area contributed by atoms with E-state index in [1.165, 1.54) is 12.1 Å². The van der Waals surface area contributed by atoms with E-state index in [-0.39, 0.29) is 23.0 Å². The molecular weight excluding hydrogens is 336 g/mol. The summed E-state index contributed by atoms with van der Waals surface area (Å²) in [5.74, 6) is -0.571. The van der Waals surface area contributed by atoms with Gasteiger partial charge in [-0.1, -0.05) is 24.3 Å². The average molecular weight is 354 g/mol. The number of aromatic nitrogens is 1. The molecule has 0 atom stereocenters. The molecule has 0 aliphatic carbocycles. The van der Waals surface area contributed by atoms with E-state index in [1.54, 1.807) is 24.3 Å². The third-order valence-corrected chi connectivity index (χ3v) is 5.58. The van der Waals surface area contributed by atoms with E-state index in [1.807, 2.05) is 31.2 Å². The van der Waals surface area contributed by atoms with E-state index in [0.717, 1.165) is 16.6 Å². The quantitative estimate of drug-likeness (QED) is 0.762. The van der Waals surface area contributed by atoms with Gasteiger partial charge in [0.2, 0.25) is 5.91 Å². The summed E-state index contributed by atoms with van der Waals surface area (Å²) in [6, 6.07) is 17.4. The van der Waals surface area contributed by atoms with Crippen molar-refractivity contribution in [2.24, 2.45) is 0 Å². The maximum absolute atomic E-state index is 12.2. The summed E-state index contributed by atoms with van der Waals surface area (Å²) < 4.78 is 24.5. The molecule has 3 rings (SSSR count). The molecule has 0 radical (unpaired) electrons. The van der Waals surface area contributed by atoms with Crippen molar-refractivity contribution in [1.82, 2.24) is 4.98 Å². The third-order valence-electron chi connectivity index (χ3n) is 3.85. The molecule has 3 aromatic rings. The van der Waals surface area contributed by atoms with Crippen LogP contribution in [-0.2, 0) is 14.6 Å². The monoisotopic (exact) mass is 354 g/mol. The van der Waals surface area contributed by atoms with Gasteiger partial charge in [-0.2, -0.15) is 0 Å². The fourth-order valence-electron chi connectivity index (χ4n) is 2.55. The van der Waals surface area contributed by atoms with E-state index in [0.29, 0.717) is 5.69 Å². The molecule has 0 fully saturated rings. The van der Waals surface area contributed by atoms with Crippen LogP contribution in [0, 0.1) is 6.92 Å². The van der Waals surface area contributed by atoms with E-state index in [2.05, 4.69) is 10.3 Å². The minimum Gasteiger partial charge on any atom is -0.325 e. The fourth-order valence-corrected chi connectivity index (χ4v) is 3.81. The van der Waals surface area contributed by atoms with Crippen molar-refractivity contribution in [2.45, 2.75) is 18.2 Å². The summed E-state index contributed by atoms with van der Waals surface area (Å²) in [7, 11) is -3.47. The van der Waals surface area contributed by atoms with Crippen molar-refractivity contribution in [3.8, 4) is 0 Å². The number of fused-ring (bicyclic) bond motifs is 1. The normalized spacial score (nSPS) is 11.4. The third kappa shape index (κ3) is 4.03. The summed E-state index contributed by atoms with van der Waals surface area (Å²) in [4.78, 5) is 16.9. The maximum Gasteiger partial charge on any atom is 0.225 e. The van der Waals surface area contributed by atoms with Crippen LogP contribution in [0.3, 0.4) is 0 Å². The number of benzene rings is 2. The van der Waals surface area contributed by atoms with E-state index in [4.69, 9.17) is 0 Å². The largest absolute Gasteiger partial charge is 0.325 e. The van der Waals surface area contributed by atoms with Gasteiger partial charge >= 0.3 is 0 Å². The Balaban J connectivity index is 1.71. The number of nitrogens with one attached hydrogen (secondary N) is 1. The van der Waals surface area contributed by atoms with E-state index >= 15 is 0 Å². The number of nitrogens with zero attached hydrogens (tertiary/aromatic N) is 1. The first-order valence-corrected chi connectivity index (χ1v) is 9.55. The summed E-state index contributed by atoms with van der Waals surface area (Å²) in [5, 5.41) is 3.61. The number of anilines is 1. The lowest BCUT2D eigenvalue weighted by Gasteiger charge is -2.09. The van der Waals surface area contributed by atoms with Crippen molar-refractivity contribution in [3.63, 3.8) is 0 Å². The van der Waals surface area contributed by atoms with Crippen molar-refractivity contribution in [3.05, 3.63) is 66.4 Å². The minimum absolute atomic E-state index is 0.104. The first-order chi connectivity index (χ1) is 12.0. The van der Waals surface area contributed by atoms with Gasteiger partial charge in [-0.3, -0.25) is 9.78 Å². The van der Waals surface area contributed by atoms with Gasteiger partial charge in [0, 0.05) is 17.5 Å². The molecule has 25 heavy (non-hydrogen) atoms. The van der Waals surface area contributed by atoms with Crippen molar-refractivity contribution < 1.29 is 13.2 Å². The number of carbonyl (C=O) groups excluding carboxylic acids is 1. The number of sulfone groups is 1. The molecule has 0 bridgehead atoms. The Hall–Kier alpha value is -2.73. The van der Waals surface area contributed by atoms with Gasteiger partial charge in [-0.05, 0) is 43.3 Å². The number of pyridine rings is 1. The second-order valence-corrected chi connectivity index (χ2v) is 7.86. The van der Waals surface area contributed by atoms with Crippen LogP contribution in [0.1, 0.15) is 12.1 Å². The molecule has 1 N–H and O–H groups in total. The van der Waals surface area contributed by atoms with Gasteiger partial charge in [0.25, 0.3) is 0 Å². The Kier molecular flexibility index (Phi) is 4.81. The fraction of sp³-hybridized carbons (Fsp3) is 0.158. The Morgan fingerprint density at radius 1 is 1.00 bits per heavy atom. The summed E-state index contributed by atoms with van der Waals surface area (Å²) in [5.41, 5.74) is 2.31. The smallest absolute Gasteiger partial charge is 0.225 e. The predicted octanol–water partition coefficient (Wildman–Crippen LogP) is 3.35. The Bertz CT molecular complexity index is 1020. The van der Waals surface area contributed by atoms with Crippen LogP contribution in [-0.4, -0.2) is 25.1 Å². The molecular formula is C19H18N2O3S. The van der Waals surface area contributed by atoms with E-state index < -0.39 is 9.84 Å². The molecule has 0 spiro atoms. The molecule has 1 amide bonds. The first-order valence-electron chi connectivity index (χ1n) is 7.90. The van der Waals surface area contributed by atoms with Crippen LogP contribution >= 0.6 is 0 Å². The number of amides is 1. The molecule has 0 saturated heterocycles. The second kappa shape index (κ2) is 7.03. The van der Waals surface area contributed by atoms with Crippen molar-refractivity contribution >= 4 is 32.3 Å². The predicted molar refractivity (Wildman–Crippen MR) is 98.2 cm³/mol. The Labute approximate surface area is 146 Å². The molecule has 5 nitrogen and oxygen atoms in total. The molecule has 6 heteroatoms. The van der Waals surface area contributed by atoms with Crippen molar-refractivity contribution in [2.75, 3.05) is 11.1 Å². The van der Waals surface area contributed by atoms with Gasteiger partial charge in [-0.15, -0.1) is 0 Å². The van der Waals surface area contributed by atoms with Gasteiger partial charge in [-0.25, -0.2) is 8.42 Å². The zero-order valence-electron chi connectivity index (χ0n) is 13.8. The summed E-state index contributed by atoms with van der Waals surface area (Å²) in [6.07, 6.45) is -0.104. The molecule has 2 aromatic carbocycles. The first kappa shape index (κ1) is 17.1. The number of hydrogen-bond donors (Lipinski definition) is 1. The molecule has 0 unspecified atom stereocenters. The van der Waals surface area contributed by atoms with Crippen molar-refractivity contribution in [1.29, 1.82) is 0 Å². The highest BCUT2D eigenvalue weighted by Crippen LogP contribution is 2.22. The van der Waals surface area contributed by atoms with Crippen LogP contribution in [0.5, 0.6) is 0 Å². The second-order valence-electron chi connectivity index (χ2n) is 5.75. The molecule has 1 aromatic heterocycles. The molecule has 128 valence electrons. The van der Waals surface area contributed by atoms with Crippen LogP contribution in [0.25, 0.3) is 10.9 Å². The zero-order chi connectivity index (χ0) is 17.9. The highest BCUT2D eigenvalue weighted by Gasteiger charge is 2.16. The standard InChI is InChI=1S/C19H18N2O3S/c1-14-10-11-16-17(20-14)8-5-9-18(16)21-19(22)12-13-25(23,24)15-6-3-2-4-7-15/h2-11H,12-13H2,1H3,(H,21,22). The highest BCUT2D eigenvalue weighted by molar-refractivity contribution is 7.91. The highest BCUT2D eigenvalue weighted by atomic mass is 32.2.